The van der Waals surface area contributed by atoms with Crippen LogP contribution in [0.15, 0.2) is 206 Å². The van der Waals surface area contributed by atoms with Crippen molar-refractivity contribution in [3.63, 3.8) is 0 Å². The van der Waals surface area contributed by atoms with E-state index < -0.39 is 11.8 Å². The van der Waals surface area contributed by atoms with E-state index in [2.05, 4.69) is 195 Å². The topological polar surface area (TPSA) is 50.9 Å². The van der Waals surface area contributed by atoms with Gasteiger partial charge in [-0.05, 0) is 172 Å². The predicted molar refractivity (Wildman–Crippen MR) is 308 cm³/mol. The van der Waals surface area contributed by atoms with E-state index in [0.717, 1.165) is 95.6 Å². The molecule has 2 heterocycles. The van der Waals surface area contributed by atoms with Crippen LogP contribution >= 0.6 is 0 Å². The molecule has 366 valence electrons. The van der Waals surface area contributed by atoms with Gasteiger partial charge in [-0.2, -0.15) is 0 Å². The number of aromatic nitrogens is 3. The molecule has 1 N–H and O–H groups in total. The molecule has 74 heavy (non-hydrogen) atoms. The number of phenols is 1. The first-order chi connectivity index (χ1) is 36.9. The third-order valence-corrected chi connectivity index (χ3v) is 15.8. The third kappa shape index (κ3) is 9.62. The van der Waals surface area contributed by atoms with Crippen molar-refractivity contribution in [3.05, 3.63) is 229 Å². The van der Waals surface area contributed by atoms with E-state index in [4.69, 9.17) is 9.97 Å². The Morgan fingerprint density at radius 3 is 1.85 bits per heavy atom. The molecule has 10 aromatic rings. The van der Waals surface area contributed by atoms with Crippen molar-refractivity contribution in [1.29, 1.82) is 0 Å². The number of rotatable bonds is 11. The lowest BCUT2D eigenvalue weighted by atomic mass is 9.76. The largest absolute Gasteiger partial charge is 0.507 e. The van der Waals surface area contributed by atoms with Crippen LogP contribution in [0.25, 0.3) is 83.9 Å². The summed E-state index contributed by atoms with van der Waals surface area (Å²) in [5, 5.41) is 11.9. The van der Waals surface area contributed by atoms with E-state index in [9.17, 15) is 7.85 Å². The lowest BCUT2D eigenvalue weighted by molar-refractivity contribution is 0.396. The van der Waals surface area contributed by atoms with E-state index >= 15 is 0 Å². The number of imidazole rings is 1. The Balaban J connectivity index is 0.972. The van der Waals surface area contributed by atoms with Gasteiger partial charge in [0, 0.05) is 25.6 Å². The number of benzene rings is 8. The lowest BCUT2D eigenvalue weighted by Crippen LogP contribution is -2.12. The molecule has 0 amide bonds. The number of pyridine rings is 1. The van der Waals surface area contributed by atoms with E-state index in [-0.39, 0.29) is 11.2 Å². The number of fused-ring (bicyclic) bond motifs is 1. The molecule has 0 spiro atoms. The van der Waals surface area contributed by atoms with Gasteiger partial charge in [0.15, 0.2) is 0 Å². The first-order valence-electron chi connectivity index (χ1n) is 27.8. The highest BCUT2D eigenvalue weighted by atomic mass is 16.3. The van der Waals surface area contributed by atoms with Gasteiger partial charge in [-0.1, -0.05) is 186 Å². The molecule has 2 aliphatic rings. The van der Waals surface area contributed by atoms with Gasteiger partial charge in [-0.25, -0.2) is 4.98 Å². The van der Waals surface area contributed by atoms with Crippen molar-refractivity contribution in [2.24, 2.45) is 5.92 Å². The molecular weight excluding hydrogens is 899 g/mol. The van der Waals surface area contributed by atoms with Crippen LogP contribution in [0.2, 0.25) is 0 Å². The van der Waals surface area contributed by atoms with Crippen LogP contribution in [0.4, 0.5) is 0 Å². The normalized spacial score (nSPS) is 18.6. The minimum absolute atomic E-state index is 0.162. The molecule has 8 aromatic carbocycles. The van der Waals surface area contributed by atoms with Crippen molar-refractivity contribution in [3.8, 4) is 78.6 Å². The molecule has 2 fully saturated rings. The van der Waals surface area contributed by atoms with Gasteiger partial charge in [-0.3, -0.25) is 9.55 Å². The number of hydrogen-bond acceptors (Lipinski definition) is 3. The summed E-state index contributed by atoms with van der Waals surface area (Å²) in [6.07, 6.45) is 10.8. The number of nitrogens with zero attached hydrogens (tertiary/aromatic N) is 3. The monoisotopic (exact) mass is 966 g/mol. The average molecular weight is 966 g/mol. The summed E-state index contributed by atoms with van der Waals surface area (Å²) in [6.45, 7) is 6.62. The smallest absolute Gasteiger partial charge is 0.149 e. The van der Waals surface area contributed by atoms with E-state index in [1.54, 1.807) is 0 Å². The van der Waals surface area contributed by atoms with Crippen LogP contribution in [0, 0.1) is 5.92 Å². The molecule has 0 aliphatic heterocycles. The highest BCUT2D eigenvalue weighted by molar-refractivity contribution is 5.98. The first-order valence-corrected chi connectivity index (χ1v) is 26.8. The zero-order valence-corrected chi connectivity index (χ0v) is 42.9. The summed E-state index contributed by atoms with van der Waals surface area (Å²) < 4.78 is 21.1. The number of phenolic OH excluding ortho intramolecular Hbond substituents is 1. The molecule has 0 unspecified atom stereocenters. The fourth-order valence-corrected chi connectivity index (χ4v) is 11.7. The molecule has 2 aliphatic carbocycles. The van der Waals surface area contributed by atoms with Crippen molar-refractivity contribution in [2.75, 3.05) is 0 Å². The summed E-state index contributed by atoms with van der Waals surface area (Å²) >= 11 is 0. The standard InChI is InChI=1S/C70H65N3O/c1-70(2,3)60-35-37-67(74)63(46-60)69-72-68-61(24-15-25-66(68)73(69)65-36-26-48(40-47-16-13-14-17-47)41-62(65)55-22-11-6-12-23-55)58-42-57(50-20-9-5-10-21-50)43-59(44-58)64-45-56(38-39-71-64)54-33-31-53(32-34-54)52-29-27-51(28-30-52)49-18-7-4-8-19-49/h4-12,15,18-26,31-39,41-47,51-52,74H,13-14,16-17,27-30,40H2,1-3H3/i51D,52D. The second-order valence-electron chi connectivity index (χ2n) is 21.7. The average Bonchev–Trinajstić information content (AvgIpc) is 4.13. The van der Waals surface area contributed by atoms with Gasteiger partial charge in [0.25, 0.3) is 0 Å². The zero-order valence-electron chi connectivity index (χ0n) is 44.9. The minimum Gasteiger partial charge on any atom is -0.507 e. The Kier molecular flexibility index (Phi) is 12.3. The molecule has 2 saturated carbocycles. The molecule has 0 saturated heterocycles. The molecular formula is C70H65N3O. The Hall–Kier alpha value is -7.82. The molecule has 2 aromatic heterocycles. The maximum atomic E-state index is 11.9. The molecule has 0 atom stereocenters. The van der Waals surface area contributed by atoms with Crippen molar-refractivity contribution >= 4 is 11.0 Å². The minimum atomic E-state index is -0.727. The van der Waals surface area contributed by atoms with Crippen LogP contribution < -0.4 is 0 Å². The molecule has 4 heteroatoms. The summed E-state index contributed by atoms with van der Waals surface area (Å²) in [5.74, 6) is 0.199. The fourth-order valence-electron chi connectivity index (χ4n) is 11.7. The predicted octanol–water partition coefficient (Wildman–Crippen LogP) is 18.6. The second-order valence-corrected chi connectivity index (χ2v) is 21.7. The van der Waals surface area contributed by atoms with Crippen LogP contribution in [-0.4, -0.2) is 19.6 Å². The summed E-state index contributed by atoms with van der Waals surface area (Å²) in [4.78, 5) is 10.7. The summed E-state index contributed by atoms with van der Waals surface area (Å²) in [6, 6.07) is 70.4. The molecule has 0 bridgehead atoms. The molecule has 4 nitrogen and oxygen atoms in total. The summed E-state index contributed by atoms with van der Waals surface area (Å²) in [5.41, 5.74) is 18.2. The van der Waals surface area contributed by atoms with Crippen LogP contribution in [0.3, 0.4) is 0 Å². The number of aromatic hydroxyl groups is 1. The SMILES string of the molecule is [2H]C1(c2ccccc2)CCC([2H])(c2ccc(-c3ccnc(-c4cc(-c5ccccc5)cc(-c5cccc6c5nc(-c5cc(C(C)(C)C)ccc5O)n6-c5ccc(CC6CCCC6)cc5-c5ccccc5)c4)c3)cc2)CC1. The van der Waals surface area contributed by atoms with E-state index in [1.165, 1.54) is 31.2 Å². The van der Waals surface area contributed by atoms with Gasteiger partial charge in [-0.15, -0.1) is 0 Å². The van der Waals surface area contributed by atoms with Crippen LogP contribution in [0.5, 0.6) is 5.75 Å². The Morgan fingerprint density at radius 2 is 1.15 bits per heavy atom. The summed E-state index contributed by atoms with van der Waals surface area (Å²) in [7, 11) is 0. The highest BCUT2D eigenvalue weighted by Gasteiger charge is 2.27. The molecule has 0 radical (unpaired) electrons. The van der Waals surface area contributed by atoms with Crippen molar-refractivity contribution in [2.45, 2.75) is 95.8 Å². The van der Waals surface area contributed by atoms with Gasteiger partial charge in [0.05, 0.1) is 28.0 Å². The van der Waals surface area contributed by atoms with Crippen molar-refractivity contribution in [1.82, 2.24) is 14.5 Å². The van der Waals surface area contributed by atoms with Gasteiger partial charge >= 0.3 is 0 Å². The van der Waals surface area contributed by atoms with E-state index in [1.807, 2.05) is 36.5 Å². The van der Waals surface area contributed by atoms with E-state index in [0.29, 0.717) is 43.0 Å². The van der Waals surface area contributed by atoms with Crippen LogP contribution in [-0.2, 0) is 11.8 Å². The Bertz CT molecular complexity index is 3700. The third-order valence-electron chi connectivity index (χ3n) is 15.8. The van der Waals surface area contributed by atoms with Crippen molar-refractivity contribution < 1.29 is 7.85 Å². The lowest BCUT2D eigenvalue weighted by Gasteiger charge is -2.29. The maximum Gasteiger partial charge on any atom is 0.149 e. The number of para-hydroxylation sites is 1. The Morgan fingerprint density at radius 1 is 0.514 bits per heavy atom. The van der Waals surface area contributed by atoms with Crippen LogP contribution in [0.1, 0.15) is 109 Å². The van der Waals surface area contributed by atoms with Gasteiger partial charge in [0.2, 0.25) is 0 Å². The maximum absolute atomic E-state index is 11.9. The highest BCUT2D eigenvalue weighted by Crippen LogP contribution is 2.45. The second kappa shape index (κ2) is 20.2. The zero-order chi connectivity index (χ0) is 52.0. The van der Waals surface area contributed by atoms with Gasteiger partial charge in [0.1, 0.15) is 11.6 Å². The fraction of sp³-hybridized carbons (Fsp3) is 0.229. The number of hydrogen-bond donors (Lipinski definition) is 1. The Labute approximate surface area is 440 Å². The quantitative estimate of drug-likeness (QED) is 0.141. The van der Waals surface area contributed by atoms with Gasteiger partial charge < -0.3 is 5.11 Å². The molecule has 12 rings (SSSR count). The first kappa shape index (κ1) is 44.8.